The molecule has 0 bridgehead atoms. The minimum absolute atomic E-state index is 0.0136. The number of halogens is 1. The van der Waals surface area contributed by atoms with Gasteiger partial charge < -0.3 is 30.9 Å². The first-order valence-corrected chi connectivity index (χ1v) is 20.1. The van der Waals surface area contributed by atoms with Gasteiger partial charge in [0.05, 0.1) is 18.0 Å². The zero-order valence-corrected chi connectivity index (χ0v) is 33.6. The standard InChI is InChI=1S/C44H56ClN7O3/c1-28(2)55-40-22-37(36-14-16-46-17-15-36)31(5)18-39(40)50-44-49-25-38(45)43(51-44)52-26-34(20-41(53)47-23-32-10-6-29(3)7-11-32)19-35(27-52)21-42(54)48-24-33-12-8-30(4)9-13-33/h6-13,18,22,25,28,34-36,46H,14-17,19-21,23-24,26-27H2,1-5H3,(H,47,53)(H,48,54)(H,49,50,51)/t34-,35+. The quantitative estimate of drug-likeness (QED) is 0.102. The van der Waals surface area contributed by atoms with Crippen molar-refractivity contribution in [3.8, 4) is 5.75 Å². The van der Waals surface area contributed by atoms with Gasteiger partial charge in [-0.05, 0) is 119 Å². The lowest BCUT2D eigenvalue weighted by Crippen LogP contribution is -2.44. The predicted molar refractivity (Wildman–Crippen MR) is 221 cm³/mol. The zero-order chi connectivity index (χ0) is 38.9. The third-order valence-electron chi connectivity index (χ3n) is 10.6. The molecule has 0 unspecified atom stereocenters. The van der Waals surface area contributed by atoms with Crippen LogP contribution in [-0.4, -0.2) is 54.1 Å². The molecular weight excluding hydrogens is 710 g/mol. The smallest absolute Gasteiger partial charge is 0.229 e. The second kappa shape index (κ2) is 18.8. The Balaban J connectivity index is 1.20. The molecule has 0 saturated carbocycles. The minimum Gasteiger partial charge on any atom is -0.489 e. The number of amides is 2. The number of aryl methyl sites for hydroxylation is 3. The number of carbonyl (C=O) groups excluding carboxylic acids is 2. The molecule has 2 atom stereocenters. The van der Waals surface area contributed by atoms with Gasteiger partial charge >= 0.3 is 0 Å². The van der Waals surface area contributed by atoms with E-state index in [1.807, 2.05) is 76.2 Å². The van der Waals surface area contributed by atoms with Crippen molar-refractivity contribution in [1.82, 2.24) is 25.9 Å². The van der Waals surface area contributed by atoms with Gasteiger partial charge in [-0.3, -0.25) is 9.59 Å². The Morgan fingerprint density at radius 2 is 1.44 bits per heavy atom. The third kappa shape index (κ3) is 11.4. The van der Waals surface area contributed by atoms with Gasteiger partial charge in [-0.1, -0.05) is 71.3 Å². The van der Waals surface area contributed by atoms with Crippen molar-refractivity contribution >= 4 is 40.9 Å². The van der Waals surface area contributed by atoms with E-state index in [4.69, 9.17) is 21.3 Å². The Morgan fingerprint density at radius 3 is 1.98 bits per heavy atom. The van der Waals surface area contributed by atoms with Crippen molar-refractivity contribution in [2.24, 2.45) is 11.8 Å². The summed E-state index contributed by atoms with van der Waals surface area (Å²) in [5, 5.41) is 13.5. The van der Waals surface area contributed by atoms with Crippen LogP contribution in [0.4, 0.5) is 17.5 Å². The van der Waals surface area contributed by atoms with Crippen LogP contribution in [0.15, 0.2) is 66.9 Å². The van der Waals surface area contributed by atoms with Gasteiger partial charge in [-0.2, -0.15) is 4.98 Å². The molecule has 0 spiro atoms. The molecule has 2 aliphatic rings. The molecular formula is C44H56ClN7O3. The van der Waals surface area contributed by atoms with Crippen LogP contribution in [0.1, 0.15) is 85.3 Å². The number of carbonyl (C=O) groups is 2. The molecule has 292 valence electrons. The molecule has 4 N–H and O–H groups in total. The number of nitrogens with zero attached hydrogens (tertiary/aromatic N) is 3. The fourth-order valence-corrected chi connectivity index (χ4v) is 7.97. The molecule has 10 nitrogen and oxygen atoms in total. The monoisotopic (exact) mass is 765 g/mol. The highest BCUT2D eigenvalue weighted by Gasteiger charge is 2.32. The van der Waals surface area contributed by atoms with Crippen LogP contribution >= 0.6 is 11.6 Å². The summed E-state index contributed by atoms with van der Waals surface area (Å²) < 4.78 is 6.34. The molecule has 55 heavy (non-hydrogen) atoms. The van der Waals surface area contributed by atoms with E-state index in [1.165, 1.54) is 22.3 Å². The van der Waals surface area contributed by atoms with E-state index < -0.39 is 0 Å². The summed E-state index contributed by atoms with van der Waals surface area (Å²) in [4.78, 5) is 38.3. The van der Waals surface area contributed by atoms with Gasteiger partial charge in [-0.25, -0.2) is 4.98 Å². The number of aromatic nitrogens is 2. The molecule has 0 radical (unpaired) electrons. The van der Waals surface area contributed by atoms with Gasteiger partial charge in [0.15, 0.2) is 5.82 Å². The molecule has 0 aliphatic carbocycles. The number of hydrogen-bond donors (Lipinski definition) is 4. The van der Waals surface area contributed by atoms with Crippen molar-refractivity contribution in [1.29, 1.82) is 0 Å². The van der Waals surface area contributed by atoms with E-state index in [2.05, 4.69) is 50.2 Å². The average molecular weight is 766 g/mol. The second-order valence-electron chi connectivity index (χ2n) is 15.7. The van der Waals surface area contributed by atoms with Crippen LogP contribution in [0.3, 0.4) is 0 Å². The summed E-state index contributed by atoms with van der Waals surface area (Å²) in [6.45, 7) is 14.4. The molecule has 2 saturated heterocycles. The fourth-order valence-electron chi connectivity index (χ4n) is 7.76. The summed E-state index contributed by atoms with van der Waals surface area (Å²) in [6.07, 6.45) is 5.19. The number of ether oxygens (including phenoxy) is 1. The normalized spacial score (nSPS) is 17.5. The SMILES string of the molecule is Cc1ccc(CNC(=O)C[C@@H]2C[C@H](CC(=O)NCc3ccc(C)cc3)CN(c3nc(Nc4cc(C)c(C5CCNCC5)cc4OC(C)C)ncc3Cl)C2)cc1. The number of rotatable bonds is 14. The third-order valence-corrected chi connectivity index (χ3v) is 10.8. The van der Waals surface area contributed by atoms with Gasteiger partial charge in [0.1, 0.15) is 10.8 Å². The molecule has 2 amide bonds. The Bertz CT molecular complexity index is 1840. The maximum Gasteiger partial charge on any atom is 0.229 e. The maximum atomic E-state index is 13.3. The summed E-state index contributed by atoms with van der Waals surface area (Å²) >= 11 is 6.85. The van der Waals surface area contributed by atoms with Crippen molar-refractivity contribution in [3.63, 3.8) is 0 Å². The molecule has 1 aromatic heterocycles. The minimum atomic E-state index is -0.0212. The van der Waals surface area contributed by atoms with Crippen LogP contribution in [0.25, 0.3) is 0 Å². The van der Waals surface area contributed by atoms with E-state index in [1.54, 1.807) is 6.20 Å². The van der Waals surface area contributed by atoms with Gasteiger partial charge in [0.25, 0.3) is 0 Å². The molecule has 3 aromatic carbocycles. The van der Waals surface area contributed by atoms with Crippen LogP contribution in [0.2, 0.25) is 5.02 Å². The number of benzene rings is 3. The van der Waals surface area contributed by atoms with Crippen LogP contribution in [0, 0.1) is 32.6 Å². The highest BCUT2D eigenvalue weighted by Crippen LogP contribution is 2.38. The number of piperidine rings is 2. The van der Waals surface area contributed by atoms with Gasteiger partial charge in [0.2, 0.25) is 17.8 Å². The molecule has 4 aromatic rings. The second-order valence-corrected chi connectivity index (χ2v) is 16.1. The van der Waals surface area contributed by atoms with Crippen molar-refractivity contribution < 1.29 is 14.3 Å². The van der Waals surface area contributed by atoms with E-state index in [-0.39, 0.29) is 29.8 Å². The highest BCUT2D eigenvalue weighted by atomic mass is 35.5. The van der Waals surface area contributed by atoms with E-state index in [9.17, 15) is 9.59 Å². The molecule has 6 rings (SSSR count). The lowest BCUT2D eigenvalue weighted by atomic mass is 9.84. The molecule has 2 aliphatic heterocycles. The van der Waals surface area contributed by atoms with Crippen LogP contribution in [-0.2, 0) is 22.7 Å². The molecule has 3 heterocycles. The number of anilines is 3. The van der Waals surface area contributed by atoms with Gasteiger partial charge in [0, 0.05) is 39.0 Å². The van der Waals surface area contributed by atoms with Gasteiger partial charge in [-0.15, -0.1) is 0 Å². The first-order chi connectivity index (χ1) is 26.5. The Labute approximate surface area is 331 Å². The number of hydrogen-bond acceptors (Lipinski definition) is 8. The lowest BCUT2D eigenvalue weighted by molar-refractivity contribution is -0.122. The van der Waals surface area contributed by atoms with E-state index in [0.29, 0.717) is 61.7 Å². The molecule has 2 fully saturated rings. The Morgan fingerprint density at radius 1 is 0.873 bits per heavy atom. The van der Waals surface area contributed by atoms with Crippen molar-refractivity contribution in [2.75, 3.05) is 36.4 Å². The summed E-state index contributed by atoms with van der Waals surface area (Å²) in [6, 6.07) is 20.6. The van der Waals surface area contributed by atoms with Crippen molar-refractivity contribution in [2.45, 2.75) is 91.8 Å². The highest BCUT2D eigenvalue weighted by molar-refractivity contribution is 6.32. The van der Waals surface area contributed by atoms with Crippen molar-refractivity contribution in [3.05, 3.63) is 105 Å². The van der Waals surface area contributed by atoms with E-state index >= 15 is 0 Å². The topological polar surface area (TPSA) is 121 Å². The fraction of sp³-hybridized carbons (Fsp3) is 0.455. The Hall–Kier alpha value is -4.67. The average Bonchev–Trinajstić information content (AvgIpc) is 3.16. The first kappa shape index (κ1) is 40.0. The first-order valence-electron chi connectivity index (χ1n) is 19.7. The number of nitrogens with one attached hydrogen (secondary N) is 4. The summed E-state index contributed by atoms with van der Waals surface area (Å²) in [7, 11) is 0. The summed E-state index contributed by atoms with van der Waals surface area (Å²) in [5.41, 5.74) is 7.77. The predicted octanol–water partition coefficient (Wildman–Crippen LogP) is 7.91. The summed E-state index contributed by atoms with van der Waals surface area (Å²) in [5.74, 6) is 2.15. The molecule has 11 heteroatoms. The van der Waals surface area contributed by atoms with Crippen LogP contribution < -0.4 is 30.9 Å². The van der Waals surface area contributed by atoms with Crippen LogP contribution in [0.5, 0.6) is 5.75 Å². The zero-order valence-electron chi connectivity index (χ0n) is 32.9. The largest absolute Gasteiger partial charge is 0.489 e. The Kier molecular flexibility index (Phi) is 13.7. The maximum absolute atomic E-state index is 13.3. The lowest BCUT2D eigenvalue weighted by Gasteiger charge is -2.38. The van der Waals surface area contributed by atoms with E-state index in [0.717, 1.165) is 54.9 Å².